The van der Waals surface area contributed by atoms with Crippen LogP contribution in [0.5, 0.6) is 0 Å². The van der Waals surface area contributed by atoms with Gasteiger partial charge in [-0.1, -0.05) is 6.92 Å². The Hall–Kier alpha value is -1.09. The Balaban J connectivity index is 2.88. The van der Waals surface area contributed by atoms with Crippen LogP contribution < -0.4 is 0 Å². The molecular weight excluding hydrogens is 290 g/mol. The molecule has 0 fully saturated rings. The van der Waals surface area contributed by atoms with E-state index < -0.39 is 0 Å². The Morgan fingerprint density at radius 3 is 2.44 bits per heavy atom. The smallest absolute Gasteiger partial charge is 0.150 e. The summed E-state index contributed by atoms with van der Waals surface area (Å²) < 4.78 is 3.33. The SMILES string of the molecule is CCc1cc2cc(C=O)cc(Br)c2n1C(C)(C)C. The Morgan fingerprint density at radius 2 is 1.94 bits per heavy atom. The van der Waals surface area contributed by atoms with Gasteiger partial charge in [0, 0.05) is 26.7 Å². The zero-order chi connectivity index (χ0) is 13.5. The van der Waals surface area contributed by atoms with E-state index in [0.717, 1.165) is 22.6 Å². The lowest BCUT2D eigenvalue weighted by Gasteiger charge is -2.26. The van der Waals surface area contributed by atoms with Gasteiger partial charge in [-0.05, 0) is 61.3 Å². The number of aldehydes is 1. The number of carbonyl (C=O) groups is 1. The molecule has 0 unspecified atom stereocenters. The summed E-state index contributed by atoms with van der Waals surface area (Å²) in [4.78, 5) is 10.9. The van der Waals surface area contributed by atoms with Crippen LogP contribution in [-0.4, -0.2) is 10.9 Å². The summed E-state index contributed by atoms with van der Waals surface area (Å²) in [5, 5.41) is 1.12. The topological polar surface area (TPSA) is 22.0 Å². The highest BCUT2D eigenvalue weighted by Crippen LogP contribution is 2.33. The third kappa shape index (κ3) is 2.12. The molecule has 0 spiro atoms. The van der Waals surface area contributed by atoms with Gasteiger partial charge in [0.1, 0.15) is 6.29 Å². The summed E-state index contributed by atoms with van der Waals surface area (Å²) in [6.07, 6.45) is 1.87. The van der Waals surface area contributed by atoms with E-state index in [1.165, 1.54) is 11.2 Å². The maximum absolute atomic E-state index is 10.9. The number of rotatable bonds is 2. The van der Waals surface area contributed by atoms with Crippen LogP contribution >= 0.6 is 15.9 Å². The van der Waals surface area contributed by atoms with Crippen molar-refractivity contribution in [2.45, 2.75) is 39.7 Å². The maximum atomic E-state index is 10.9. The number of nitrogens with zero attached hydrogens (tertiary/aromatic N) is 1. The van der Waals surface area contributed by atoms with Gasteiger partial charge in [0.25, 0.3) is 0 Å². The van der Waals surface area contributed by atoms with E-state index in [1.54, 1.807) is 0 Å². The van der Waals surface area contributed by atoms with Crippen LogP contribution in [0.15, 0.2) is 22.7 Å². The average Bonchev–Trinajstić information content (AvgIpc) is 2.67. The Labute approximate surface area is 116 Å². The van der Waals surface area contributed by atoms with Crippen LogP contribution in [0.2, 0.25) is 0 Å². The van der Waals surface area contributed by atoms with E-state index in [1.807, 2.05) is 12.1 Å². The first-order valence-corrected chi connectivity index (χ1v) is 6.97. The molecule has 0 amide bonds. The van der Waals surface area contributed by atoms with Crippen molar-refractivity contribution >= 4 is 33.1 Å². The molecule has 0 saturated heterocycles. The van der Waals surface area contributed by atoms with Crippen molar-refractivity contribution in [1.82, 2.24) is 4.57 Å². The Bertz CT molecular complexity index is 605. The minimum absolute atomic E-state index is 0.0261. The molecule has 3 heteroatoms. The summed E-state index contributed by atoms with van der Waals surface area (Å²) >= 11 is 3.59. The molecule has 0 radical (unpaired) electrons. The van der Waals surface area contributed by atoms with Crippen molar-refractivity contribution in [3.63, 3.8) is 0 Å². The molecule has 2 aromatic rings. The fourth-order valence-electron chi connectivity index (χ4n) is 2.47. The number of hydrogen-bond donors (Lipinski definition) is 0. The number of carbonyl (C=O) groups excluding carboxylic acids is 1. The first-order valence-electron chi connectivity index (χ1n) is 6.18. The van der Waals surface area contributed by atoms with Crippen LogP contribution in [0.4, 0.5) is 0 Å². The third-order valence-electron chi connectivity index (χ3n) is 3.12. The highest BCUT2D eigenvalue weighted by molar-refractivity contribution is 9.10. The fraction of sp³-hybridized carbons (Fsp3) is 0.400. The normalized spacial score (nSPS) is 12.1. The molecule has 2 rings (SSSR count). The zero-order valence-electron chi connectivity index (χ0n) is 11.2. The standard InChI is InChI=1S/C15H18BrNO/c1-5-12-8-11-6-10(9-18)7-13(16)14(11)17(12)15(2,3)4/h6-9H,5H2,1-4H3. The number of halogens is 1. The molecule has 0 aliphatic rings. The molecule has 0 atom stereocenters. The zero-order valence-corrected chi connectivity index (χ0v) is 12.8. The second kappa shape index (κ2) is 4.54. The van der Waals surface area contributed by atoms with Crippen LogP contribution in [-0.2, 0) is 12.0 Å². The van der Waals surface area contributed by atoms with Gasteiger partial charge >= 0.3 is 0 Å². The second-order valence-corrected chi connectivity index (χ2v) is 6.41. The van der Waals surface area contributed by atoms with E-state index >= 15 is 0 Å². The highest BCUT2D eigenvalue weighted by atomic mass is 79.9. The molecule has 0 N–H and O–H groups in total. The summed E-state index contributed by atoms with van der Waals surface area (Å²) in [6.45, 7) is 8.76. The van der Waals surface area contributed by atoms with E-state index in [9.17, 15) is 4.79 Å². The second-order valence-electron chi connectivity index (χ2n) is 5.55. The first kappa shape index (κ1) is 13.3. The molecule has 1 aromatic heterocycles. The van der Waals surface area contributed by atoms with Crippen LogP contribution in [0.3, 0.4) is 0 Å². The van der Waals surface area contributed by atoms with Gasteiger partial charge in [0.05, 0.1) is 5.52 Å². The minimum atomic E-state index is 0.0261. The van der Waals surface area contributed by atoms with Gasteiger partial charge in [-0.15, -0.1) is 0 Å². The predicted molar refractivity (Wildman–Crippen MR) is 79.4 cm³/mol. The van der Waals surface area contributed by atoms with Gasteiger partial charge in [-0.25, -0.2) is 0 Å². The van der Waals surface area contributed by atoms with Crippen molar-refractivity contribution in [2.75, 3.05) is 0 Å². The first-order chi connectivity index (χ1) is 8.38. The number of aryl methyl sites for hydroxylation is 1. The van der Waals surface area contributed by atoms with E-state index in [-0.39, 0.29) is 5.54 Å². The largest absolute Gasteiger partial charge is 0.338 e. The van der Waals surface area contributed by atoms with Gasteiger partial charge < -0.3 is 4.57 Å². The quantitative estimate of drug-likeness (QED) is 0.747. The lowest BCUT2D eigenvalue weighted by molar-refractivity contribution is 0.112. The lowest BCUT2D eigenvalue weighted by Crippen LogP contribution is -2.23. The Kier molecular flexibility index (Phi) is 3.37. The van der Waals surface area contributed by atoms with Crippen molar-refractivity contribution in [3.05, 3.63) is 33.9 Å². The van der Waals surface area contributed by atoms with Crippen molar-refractivity contribution in [1.29, 1.82) is 0 Å². The molecule has 1 aromatic carbocycles. The minimum Gasteiger partial charge on any atom is -0.338 e. The van der Waals surface area contributed by atoms with Crippen LogP contribution in [0.25, 0.3) is 10.9 Å². The van der Waals surface area contributed by atoms with Crippen LogP contribution in [0.1, 0.15) is 43.7 Å². The molecule has 0 aliphatic heterocycles. The molecule has 0 bridgehead atoms. The summed E-state index contributed by atoms with van der Waals surface area (Å²) in [5.74, 6) is 0. The van der Waals surface area contributed by atoms with Crippen molar-refractivity contribution in [2.24, 2.45) is 0 Å². The third-order valence-corrected chi connectivity index (χ3v) is 3.72. The molecule has 2 nitrogen and oxygen atoms in total. The summed E-state index contributed by atoms with van der Waals surface area (Å²) in [6, 6.07) is 6.02. The molecule has 96 valence electrons. The maximum Gasteiger partial charge on any atom is 0.150 e. The number of benzene rings is 1. The van der Waals surface area contributed by atoms with E-state index in [2.05, 4.69) is 54.3 Å². The molecule has 0 aliphatic carbocycles. The van der Waals surface area contributed by atoms with Gasteiger partial charge in [-0.3, -0.25) is 4.79 Å². The van der Waals surface area contributed by atoms with Crippen LogP contribution in [0, 0.1) is 0 Å². The highest BCUT2D eigenvalue weighted by Gasteiger charge is 2.21. The van der Waals surface area contributed by atoms with Crippen molar-refractivity contribution in [3.8, 4) is 0 Å². The summed E-state index contributed by atoms with van der Waals surface area (Å²) in [5.41, 5.74) is 3.20. The van der Waals surface area contributed by atoms with Gasteiger partial charge in [0.2, 0.25) is 0 Å². The lowest BCUT2D eigenvalue weighted by atomic mass is 10.1. The molecular formula is C15H18BrNO. The van der Waals surface area contributed by atoms with E-state index in [0.29, 0.717) is 5.56 Å². The number of hydrogen-bond acceptors (Lipinski definition) is 1. The molecule has 0 saturated carbocycles. The fourth-order valence-corrected chi connectivity index (χ4v) is 3.14. The molecule has 18 heavy (non-hydrogen) atoms. The predicted octanol–water partition coefficient (Wildman–Crippen LogP) is 4.53. The molecule has 1 heterocycles. The number of fused-ring (bicyclic) bond motifs is 1. The Morgan fingerprint density at radius 1 is 1.28 bits per heavy atom. The van der Waals surface area contributed by atoms with Gasteiger partial charge in [0.15, 0.2) is 0 Å². The van der Waals surface area contributed by atoms with E-state index in [4.69, 9.17) is 0 Å². The summed E-state index contributed by atoms with van der Waals surface area (Å²) in [7, 11) is 0. The number of aromatic nitrogens is 1. The monoisotopic (exact) mass is 307 g/mol. The average molecular weight is 308 g/mol. The van der Waals surface area contributed by atoms with Crippen molar-refractivity contribution < 1.29 is 4.79 Å². The van der Waals surface area contributed by atoms with Gasteiger partial charge in [-0.2, -0.15) is 0 Å².